The summed E-state index contributed by atoms with van der Waals surface area (Å²) in [5.41, 5.74) is 0.581. The molecule has 0 aliphatic carbocycles. The van der Waals surface area contributed by atoms with Crippen molar-refractivity contribution in [1.29, 1.82) is 0 Å². The maximum Gasteiger partial charge on any atom is 0.226 e. The summed E-state index contributed by atoms with van der Waals surface area (Å²) in [5, 5.41) is 12.3. The molecule has 0 saturated carbocycles. The third kappa shape index (κ3) is 3.23. The number of nitrogens with zero attached hydrogens (tertiary/aromatic N) is 1. The van der Waals surface area contributed by atoms with Gasteiger partial charge in [-0.2, -0.15) is 5.10 Å². The van der Waals surface area contributed by atoms with Crippen LogP contribution in [0.5, 0.6) is 5.75 Å². The van der Waals surface area contributed by atoms with E-state index in [4.69, 9.17) is 4.74 Å². The SMILES string of the molecule is CCNCCOc1cccc2c(S(=O)(=O)c3cccc4ccccc34)n[nH]c12. The lowest BCUT2D eigenvalue weighted by Gasteiger charge is -2.08. The van der Waals surface area contributed by atoms with E-state index in [0.29, 0.717) is 35.2 Å². The largest absolute Gasteiger partial charge is 0.490 e. The number of aromatic amines is 1. The molecular weight excluding hydrogens is 374 g/mol. The monoisotopic (exact) mass is 395 g/mol. The molecule has 6 nitrogen and oxygen atoms in total. The van der Waals surface area contributed by atoms with Crippen molar-refractivity contribution in [2.24, 2.45) is 0 Å². The highest BCUT2D eigenvalue weighted by molar-refractivity contribution is 7.91. The third-order valence-electron chi connectivity index (χ3n) is 4.61. The van der Waals surface area contributed by atoms with E-state index in [1.807, 2.05) is 37.3 Å². The first-order valence-corrected chi connectivity index (χ1v) is 10.6. The molecule has 0 aliphatic heterocycles. The van der Waals surface area contributed by atoms with E-state index in [0.717, 1.165) is 11.9 Å². The Kier molecular flexibility index (Phi) is 5.02. The van der Waals surface area contributed by atoms with Crippen LogP contribution < -0.4 is 10.1 Å². The molecular formula is C21H21N3O3S. The predicted octanol–water partition coefficient (Wildman–Crippen LogP) is 3.54. The molecule has 0 spiro atoms. The minimum absolute atomic E-state index is 0.0102. The number of rotatable bonds is 7. The molecule has 7 heteroatoms. The molecule has 2 N–H and O–H groups in total. The Labute approximate surface area is 163 Å². The molecule has 3 aromatic carbocycles. The van der Waals surface area contributed by atoms with Gasteiger partial charge in [-0.3, -0.25) is 5.10 Å². The Morgan fingerprint density at radius 1 is 1.00 bits per heavy atom. The van der Waals surface area contributed by atoms with Gasteiger partial charge in [-0.25, -0.2) is 8.42 Å². The average Bonchev–Trinajstić information content (AvgIpc) is 3.16. The number of fused-ring (bicyclic) bond motifs is 2. The summed E-state index contributed by atoms with van der Waals surface area (Å²) in [5.74, 6) is 0.585. The van der Waals surface area contributed by atoms with Gasteiger partial charge in [0.05, 0.1) is 4.90 Å². The summed E-state index contributed by atoms with van der Waals surface area (Å²) < 4.78 is 32.6. The lowest BCUT2D eigenvalue weighted by atomic mass is 10.1. The van der Waals surface area contributed by atoms with Crippen LogP contribution in [-0.2, 0) is 9.84 Å². The van der Waals surface area contributed by atoms with Crippen molar-refractivity contribution in [3.63, 3.8) is 0 Å². The van der Waals surface area contributed by atoms with Crippen molar-refractivity contribution in [1.82, 2.24) is 15.5 Å². The van der Waals surface area contributed by atoms with Crippen molar-refractivity contribution >= 4 is 31.5 Å². The summed E-state index contributed by atoms with van der Waals surface area (Å²) in [6, 6.07) is 18.0. The van der Waals surface area contributed by atoms with Crippen molar-refractivity contribution < 1.29 is 13.2 Å². The third-order valence-corrected chi connectivity index (χ3v) is 6.36. The first-order valence-electron chi connectivity index (χ1n) is 9.16. The summed E-state index contributed by atoms with van der Waals surface area (Å²) >= 11 is 0. The fraction of sp³-hybridized carbons (Fsp3) is 0.190. The zero-order valence-electron chi connectivity index (χ0n) is 15.5. The fourth-order valence-electron chi connectivity index (χ4n) is 3.26. The minimum Gasteiger partial charge on any atom is -0.490 e. The van der Waals surface area contributed by atoms with Gasteiger partial charge in [0.2, 0.25) is 9.84 Å². The fourth-order valence-corrected chi connectivity index (χ4v) is 4.83. The highest BCUT2D eigenvalue weighted by Crippen LogP contribution is 2.33. The van der Waals surface area contributed by atoms with Crippen molar-refractivity contribution in [2.75, 3.05) is 19.7 Å². The highest BCUT2D eigenvalue weighted by atomic mass is 32.2. The minimum atomic E-state index is -3.80. The van der Waals surface area contributed by atoms with Gasteiger partial charge in [0.15, 0.2) is 5.03 Å². The number of H-pyrrole nitrogens is 1. The van der Waals surface area contributed by atoms with E-state index >= 15 is 0 Å². The van der Waals surface area contributed by atoms with Crippen molar-refractivity contribution in [2.45, 2.75) is 16.8 Å². The smallest absolute Gasteiger partial charge is 0.226 e. The standard InChI is InChI=1S/C21H21N3O3S/c1-2-22-13-14-27-18-11-6-10-17-20(18)23-24-21(17)28(25,26)19-12-5-8-15-7-3-4-9-16(15)19/h3-12,22H,2,13-14H2,1H3,(H,23,24). The van der Waals surface area contributed by atoms with Crippen LogP contribution in [0.15, 0.2) is 70.6 Å². The van der Waals surface area contributed by atoms with Gasteiger partial charge in [0.1, 0.15) is 17.9 Å². The second-order valence-corrected chi connectivity index (χ2v) is 8.22. The molecule has 0 unspecified atom stereocenters. The number of likely N-dealkylation sites (N-methyl/N-ethyl adjacent to an activating group) is 1. The number of sulfone groups is 1. The van der Waals surface area contributed by atoms with Gasteiger partial charge in [-0.05, 0) is 30.1 Å². The Morgan fingerprint density at radius 3 is 2.61 bits per heavy atom. The average molecular weight is 395 g/mol. The summed E-state index contributed by atoms with van der Waals surface area (Å²) in [4.78, 5) is 0.248. The zero-order chi connectivity index (χ0) is 19.6. The maximum atomic E-state index is 13.4. The molecule has 0 atom stereocenters. The second-order valence-electron chi connectivity index (χ2n) is 6.39. The van der Waals surface area contributed by atoms with Gasteiger partial charge >= 0.3 is 0 Å². The van der Waals surface area contributed by atoms with Gasteiger partial charge in [0.25, 0.3) is 0 Å². The van der Waals surface area contributed by atoms with Crippen molar-refractivity contribution in [3.05, 3.63) is 60.7 Å². The van der Waals surface area contributed by atoms with E-state index in [9.17, 15) is 8.42 Å². The van der Waals surface area contributed by atoms with Crippen LogP contribution in [0, 0.1) is 0 Å². The van der Waals surface area contributed by atoms with E-state index < -0.39 is 9.84 Å². The second kappa shape index (κ2) is 7.61. The Bertz CT molecular complexity index is 1230. The Morgan fingerprint density at radius 2 is 1.75 bits per heavy atom. The van der Waals surface area contributed by atoms with Gasteiger partial charge in [0, 0.05) is 17.3 Å². The maximum absolute atomic E-state index is 13.4. The molecule has 1 heterocycles. The van der Waals surface area contributed by atoms with E-state index in [2.05, 4.69) is 15.5 Å². The van der Waals surface area contributed by atoms with E-state index in [-0.39, 0.29) is 9.92 Å². The van der Waals surface area contributed by atoms with Gasteiger partial charge in [-0.1, -0.05) is 49.4 Å². The van der Waals surface area contributed by atoms with Crippen LogP contribution in [0.3, 0.4) is 0 Å². The van der Waals surface area contributed by atoms with Crippen LogP contribution in [0.25, 0.3) is 21.7 Å². The first kappa shape index (κ1) is 18.5. The lowest BCUT2D eigenvalue weighted by Crippen LogP contribution is -2.20. The molecule has 28 heavy (non-hydrogen) atoms. The number of para-hydroxylation sites is 1. The Balaban J connectivity index is 1.78. The van der Waals surface area contributed by atoms with E-state index in [1.54, 1.807) is 30.3 Å². The lowest BCUT2D eigenvalue weighted by molar-refractivity contribution is 0.318. The molecule has 1 aromatic heterocycles. The molecule has 0 aliphatic rings. The quantitative estimate of drug-likeness (QED) is 0.468. The van der Waals surface area contributed by atoms with Crippen LogP contribution >= 0.6 is 0 Å². The van der Waals surface area contributed by atoms with Crippen LogP contribution in [0.4, 0.5) is 0 Å². The topological polar surface area (TPSA) is 84.1 Å². The molecule has 4 aromatic rings. The van der Waals surface area contributed by atoms with Crippen LogP contribution in [-0.4, -0.2) is 38.3 Å². The normalized spacial score (nSPS) is 11.9. The predicted molar refractivity (Wildman–Crippen MR) is 110 cm³/mol. The first-order chi connectivity index (χ1) is 13.6. The van der Waals surface area contributed by atoms with Crippen LogP contribution in [0.1, 0.15) is 6.92 Å². The number of hydrogen-bond acceptors (Lipinski definition) is 5. The summed E-state index contributed by atoms with van der Waals surface area (Å²) in [7, 11) is -3.80. The number of hydrogen-bond donors (Lipinski definition) is 2. The molecule has 0 radical (unpaired) electrons. The molecule has 0 fully saturated rings. The number of ether oxygens (including phenoxy) is 1. The molecule has 0 saturated heterocycles. The number of benzene rings is 3. The Hall–Kier alpha value is -2.90. The molecule has 144 valence electrons. The summed E-state index contributed by atoms with van der Waals surface area (Å²) in [6.45, 7) is 4.09. The summed E-state index contributed by atoms with van der Waals surface area (Å²) in [6.07, 6.45) is 0. The number of aromatic nitrogens is 2. The highest BCUT2D eigenvalue weighted by Gasteiger charge is 2.26. The molecule has 0 amide bonds. The van der Waals surface area contributed by atoms with Crippen LogP contribution in [0.2, 0.25) is 0 Å². The zero-order valence-corrected chi connectivity index (χ0v) is 16.3. The molecule has 4 rings (SSSR count). The molecule has 0 bridgehead atoms. The van der Waals surface area contributed by atoms with Gasteiger partial charge in [-0.15, -0.1) is 0 Å². The van der Waals surface area contributed by atoms with Gasteiger partial charge < -0.3 is 10.1 Å². The van der Waals surface area contributed by atoms with E-state index in [1.165, 1.54) is 0 Å². The van der Waals surface area contributed by atoms with Crippen molar-refractivity contribution in [3.8, 4) is 5.75 Å². The number of nitrogens with one attached hydrogen (secondary N) is 2.